The Morgan fingerprint density at radius 2 is 2.00 bits per heavy atom. The van der Waals surface area contributed by atoms with Crippen molar-refractivity contribution in [2.24, 2.45) is 4.99 Å². The van der Waals surface area contributed by atoms with Crippen LogP contribution in [0.3, 0.4) is 0 Å². The maximum absolute atomic E-state index is 12.2. The van der Waals surface area contributed by atoms with Crippen LogP contribution in [0, 0.1) is 0 Å². The number of aliphatic imine (C=N–C) groups is 1. The third kappa shape index (κ3) is 6.95. The predicted octanol–water partition coefficient (Wildman–Crippen LogP) is 1.65. The third-order valence-corrected chi connectivity index (χ3v) is 5.55. The van der Waals surface area contributed by atoms with Crippen LogP contribution >= 0.6 is 35.7 Å². The normalized spacial score (nSPS) is 22.1. The molecule has 0 saturated carbocycles. The zero-order valence-corrected chi connectivity index (χ0v) is 18.0. The average molecular weight is 470 g/mol. The highest BCUT2D eigenvalue weighted by molar-refractivity contribution is 14.0. The zero-order valence-electron chi connectivity index (χ0n) is 14.8. The van der Waals surface area contributed by atoms with Crippen LogP contribution in [0.15, 0.2) is 4.99 Å². The van der Waals surface area contributed by atoms with Gasteiger partial charge in [0.2, 0.25) is 5.91 Å². The smallest absolute Gasteiger partial charge is 0.224 e. The first-order chi connectivity index (χ1) is 11.2. The van der Waals surface area contributed by atoms with E-state index in [-0.39, 0.29) is 29.9 Å². The van der Waals surface area contributed by atoms with Crippen LogP contribution in [0.2, 0.25) is 0 Å². The summed E-state index contributed by atoms with van der Waals surface area (Å²) in [5.41, 5.74) is 0. The topological polar surface area (TPSA) is 57.2 Å². The van der Waals surface area contributed by atoms with Crippen molar-refractivity contribution >= 4 is 47.6 Å². The highest BCUT2D eigenvalue weighted by atomic mass is 127. The van der Waals surface area contributed by atoms with E-state index in [1.165, 1.54) is 6.42 Å². The second-order valence-corrected chi connectivity index (χ2v) is 7.23. The highest BCUT2D eigenvalue weighted by Crippen LogP contribution is 2.21. The van der Waals surface area contributed by atoms with Crippen LogP contribution in [0.4, 0.5) is 0 Å². The summed E-state index contributed by atoms with van der Waals surface area (Å²) in [5, 5.41) is 4.05. The number of guanidine groups is 1. The van der Waals surface area contributed by atoms with E-state index in [4.69, 9.17) is 4.74 Å². The highest BCUT2D eigenvalue weighted by Gasteiger charge is 2.21. The van der Waals surface area contributed by atoms with Gasteiger partial charge < -0.3 is 19.9 Å². The summed E-state index contributed by atoms with van der Waals surface area (Å²) in [6, 6.07) is 0. The zero-order chi connectivity index (χ0) is 16.5. The predicted molar refractivity (Wildman–Crippen MR) is 112 cm³/mol. The van der Waals surface area contributed by atoms with E-state index in [2.05, 4.69) is 40.8 Å². The Labute approximate surface area is 167 Å². The van der Waals surface area contributed by atoms with Crippen molar-refractivity contribution in [3.05, 3.63) is 0 Å². The molecule has 0 bridgehead atoms. The summed E-state index contributed by atoms with van der Waals surface area (Å²) in [7, 11) is 0. The van der Waals surface area contributed by atoms with Gasteiger partial charge in [-0.25, -0.2) is 0 Å². The van der Waals surface area contributed by atoms with Gasteiger partial charge in [-0.15, -0.1) is 24.0 Å². The summed E-state index contributed by atoms with van der Waals surface area (Å²) in [5.74, 6) is 2.30. The van der Waals surface area contributed by atoms with Crippen LogP contribution in [-0.2, 0) is 9.53 Å². The van der Waals surface area contributed by atoms with Gasteiger partial charge in [0.15, 0.2) is 5.96 Å². The molecule has 2 heterocycles. The summed E-state index contributed by atoms with van der Waals surface area (Å²) in [6.07, 6.45) is 1.67. The number of thioether (sulfide) groups is 1. The fourth-order valence-corrected chi connectivity index (χ4v) is 3.99. The van der Waals surface area contributed by atoms with E-state index < -0.39 is 0 Å². The third-order valence-electron chi connectivity index (χ3n) is 4.18. The van der Waals surface area contributed by atoms with Crippen molar-refractivity contribution in [3.8, 4) is 0 Å². The number of ether oxygens (including phenoxy) is 1. The first-order valence-corrected chi connectivity index (χ1v) is 9.79. The molecule has 0 radical (unpaired) electrons. The van der Waals surface area contributed by atoms with Gasteiger partial charge in [0.25, 0.3) is 0 Å². The fraction of sp³-hybridized carbons (Fsp3) is 0.875. The minimum absolute atomic E-state index is 0. The number of carbonyl (C=O) groups excluding carboxylic acids is 1. The monoisotopic (exact) mass is 470 g/mol. The molecule has 1 amide bonds. The van der Waals surface area contributed by atoms with Crippen LogP contribution in [0.25, 0.3) is 0 Å². The minimum atomic E-state index is 0. The lowest BCUT2D eigenvalue weighted by Crippen LogP contribution is -2.48. The summed E-state index contributed by atoms with van der Waals surface area (Å²) < 4.78 is 5.28. The fourth-order valence-electron chi connectivity index (χ4n) is 2.81. The van der Waals surface area contributed by atoms with E-state index >= 15 is 0 Å². The molecule has 1 unspecified atom stereocenters. The first kappa shape index (κ1) is 21.8. The van der Waals surface area contributed by atoms with Crippen molar-refractivity contribution in [1.82, 2.24) is 15.1 Å². The molecule has 6 nitrogen and oxygen atoms in total. The number of morpholine rings is 1. The van der Waals surface area contributed by atoms with E-state index in [1.807, 2.05) is 4.90 Å². The molecule has 2 fully saturated rings. The molecule has 2 aliphatic rings. The Kier molecular flexibility index (Phi) is 11.1. The van der Waals surface area contributed by atoms with Crippen molar-refractivity contribution in [1.29, 1.82) is 0 Å². The lowest BCUT2D eigenvalue weighted by atomic mass is 10.3. The van der Waals surface area contributed by atoms with Crippen molar-refractivity contribution in [2.45, 2.75) is 31.9 Å². The van der Waals surface area contributed by atoms with Crippen LogP contribution in [0.5, 0.6) is 0 Å². The molecule has 2 saturated heterocycles. The molecule has 0 aliphatic carbocycles. The second-order valence-electron chi connectivity index (χ2n) is 5.83. The van der Waals surface area contributed by atoms with Gasteiger partial charge in [0.1, 0.15) is 0 Å². The van der Waals surface area contributed by atoms with E-state index in [1.54, 1.807) is 0 Å². The number of nitrogens with one attached hydrogen (secondary N) is 1. The van der Waals surface area contributed by atoms with Gasteiger partial charge in [0.05, 0.1) is 19.8 Å². The van der Waals surface area contributed by atoms with Crippen molar-refractivity contribution in [3.63, 3.8) is 0 Å². The number of halogens is 1. The molecule has 140 valence electrons. The standard InChI is InChI=1S/C16H30N4O2S.HI/c1-3-14-13-20(9-12-23-14)16(17-4-2)18-6-5-15(21)19-7-10-22-11-8-19;/h14H,3-13H2,1-2H3,(H,17,18);1H. The van der Waals surface area contributed by atoms with Crippen LogP contribution in [0.1, 0.15) is 26.7 Å². The molecule has 0 spiro atoms. The largest absolute Gasteiger partial charge is 0.378 e. The Morgan fingerprint density at radius 1 is 1.25 bits per heavy atom. The average Bonchev–Trinajstić information content (AvgIpc) is 2.61. The Bertz CT molecular complexity index is 406. The maximum atomic E-state index is 12.2. The Balaban J connectivity index is 0.00000288. The van der Waals surface area contributed by atoms with E-state index in [0.717, 1.165) is 31.3 Å². The number of hydrogen-bond acceptors (Lipinski definition) is 4. The molecule has 0 aromatic carbocycles. The quantitative estimate of drug-likeness (QED) is 0.376. The van der Waals surface area contributed by atoms with Crippen molar-refractivity contribution in [2.75, 3.05) is 58.2 Å². The molecular formula is C16H31IN4O2S. The first-order valence-electron chi connectivity index (χ1n) is 8.75. The van der Waals surface area contributed by atoms with Crippen molar-refractivity contribution < 1.29 is 9.53 Å². The molecule has 1 atom stereocenters. The van der Waals surface area contributed by atoms with Crippen LogP contribution in [-0.4, -0.2) is 85.2 Å². The van der Waals surface area contributed by atoms with Gasteiger partial charge in [-0.3, -0.25) is 9.79 Å². The number of nitrogens with zero attached hydrogens (tertiary/aromatic N) is 3. The summed E-state index contributed by atoms with van der Waals surface area (Å²) >= 11 is 2.05. The van der Waals surface area contributed by atoms with Crippen LogP contribution < -0.4 is 5.32 Å². The second kappa shape index (κ2) is 12.2. The van der Waals surface area contributed by atoms with E-state index in [9.17, 15) is 4.79 Å². The Morgan fingerprint density at radius 3 is 2.67 bits per heavy atom. The molecule has 1 N–H and O–H groups in total. The lowest BCUT2D eigenvalue weighted by Gasteiger charge is -2.34. The molecule has 8 heteroatoms. The summed E-state index contributed by atoms with van der Waals surface area (Å²) in [6.45, 7) is 10.6. The molecular weight excluding hydrogens is 439 g/mol. The SMILES string of the molecule is CCNC(=NCCC(=O)N1CCOCC1)N1CCSC(CC)C1.I. The van der Waals surface area contributed by atoms with Gasteiger partial charge in [-0.05, 0) is 13.3 Å². The molecule has 2 aliphatic heterocycles. The number of amides is 1. The molecule has 2 rings (SSSR count). The maximum Gasteiger partial charge on any atom is 0.224 e. The minimum Gasteiger partial charge on any atom is -0.378 e. The van der Waals surface area contributed by atoms with Gasteiger partial charge in [0, 0.05) is 50.1 Å². The van der Waals surface area contributed by atoms with Gasteiger partial charge in [-0.1, -0.05) is 6.92 Å². The number of rotatable bonds is 5. The molecule has 0 aromatic heterocycles. The lowest BCUT2D eigenvalue weighted by molar-refractivity contribution is -0.135. The molecule has 24 heavy (non-hydrogen) atoms. The van der Waals surface area contributed by atoms with E-state index in [0.29, 0.717) is 44.5 Å². The number of hydrogen-bond donors (Lipinski definition) is 1. The van der Waals surface area contributed by atoms with Gasteiger partial charge in [-0.2, -0.15) is 11.8 Å². The Hall–Kier alpha value is -0.220. The molecule has 0 aromatic rings. The summed E-state index contributed by atoms with van der Waals surface area (Å²) in [4.78, 5) is 21.1. The number of carbonyl (C=O) groups is 1. The van der Waals surface area contributed by atoms with Gasteiger partial charge >= 0.3 is 0 Å².